The molecule has 23 heavy (non-hydrogen) atoms. The van der Waals surface area contributed by atoms with Gasteiger partial charge in [-0.15, -0.1) is 0 Å². The summed E-state index contributed by atoms with van der Waals surface area (Å²) in [6.07, 6.45) is 0.956. The Balaban J connectivity index is 1.65. The molecule has 0 unspecified atom stereocenters. The molecule has 1 amide bonds. The molecule has 1 aromatic carbocycles. The Labute approximate surface area is 134 Å². The fourth-order valence-corrected chi connectivity index (χ4v) is 2.01. The van der Waals surface area contributed by atoms with Crippen LogP contribution in [-0.4, -0.2) is 23.5 Å². The number of Topliss-reactive ketones (excluding diaryl/α,β-unsaturated/α-hetero) is 1. The van der Waals surface area contributed by atoms with Crippen LogP contribution in [0.4, 0.5) is 0 Å². The molecule has 0 fully saturated rings. The van der Waals surface area contributed by atoms with E-state index in [1.54, 1.807) is 37.3 Å². The summed E-state index contributed by atoms with van der Waals surface area (Å²) in [5.41, 5.74) is 1.32. The molecule has 0 saturated carbocycles. The van der Waals surface area contributed by atoms with E-state index in [0.29, 0.717) is 43.0 Å². The predicted octanol–water partition coefficient (Wildman–Crippen LogP) is 2.66. The Morgan fingerprint density at radius 3 is 2.83 bits per heavy atom. The molecule has 2 rings (SSSR count). The van der Waals surface area contributed by atoms with Crippen LogP contribution in [0.15, 0.2) is 34.9 Å². The number of nitrogens with one attached hydrogen (secondary N) is 1. The first-order valence-corrected chi connectivity index (χ1v) is 7.47. The Morgan fingerprint density at radius 2 is 2.13 bits per heavy atom. The van der Waals surface area contributed by atoms with Crippen molar-refractivity contribution in [3.05, 3.63) is 47.3 Å². The van der Waals surface area contributed by atoms with Gasteiger partial charge >= 0.3 is 0 Å². The Hall–Kier alpha value is -2.63. The van der Waals surface area contributed by atoms with E-state index in [0.717, 1.165) is 5.76 Å². The van der Waals surface area contributed by atoms with Crippen molar-refractivity contribution in [3.63, 3.8) is 0 Å². The lowest BCUT2D eigenvalue weighted by atomic mass is 10.1. The van der Waals surface area contributed by atoms with E-state index in [1.807, 2.05) is 0 Å². The molecular formula is C17H20N2O4. The third-order valence-electron chi connectivity index (χ3n) is 3.20. The topological polar surface area (TPSA) is 81.4 Å². The zero-order chi connectivity index (χ0) is 16.7. The molecule has 0 saturated heterocycles. The number of amides is 1. The second-order valence-electron chi connectivity index (χ2n) is 5.24. The summed E-state index contributed by atoms with van der Waals surface area (Å²) < 4.78 is 10.5. The molecule has 1 heterocycles. The number of ether oxygens (including phenoxy) is 1. The van der Waals surface area contributed by atoms with Crippen LogP contribution in [-0.2, 0) is 11.3 Å². The van der Waals surface area contributed by atoms with Crippen LogP contribution in [0, 0.1) is 6.92 Å². The van der Waals surface area contributed by atoms with Gasteiger partial charge in [0.25, 0.3) is 0 Å². The van der Waals surface area contributed by atoms with Gasteiger partial charge in [0, 0.05) is 18.1 Å². The number of rotatable bonds is 8. The highest BCUT2D eigenvalue weighted by Gasteiger charge is 2.05. The number of aromatic nitrogens is 1. The molecule has 0 aliphatic rings. The summed E-state index contributed by atoms with van der Waals surface area (Å²) in [5.74, 6) is 1.29. The molecule has 0 atom stereocenters. The summed E-state index contributed by atoms with van der Waals surface area (Å²) in [6, 6.07) is 8.80. The van der Waals surface area contributed by atoms with Gasteiger partial charge in [0.1, 0.15) is 17.2 Å². The Bertz CT molecular complexity index is 679. The van der Waals surface area contributed by atoms with E-state index in [9.17, 15) is 9.59 Å². The van der Waals surface area contributed by atoms with Crippen molar-refractivity contribution >= 4 is 11.7 Å². The van der Waals surface area contributed by atoms with Crippen molar-refractivity contribution in [3.8, 4) is 5.75 Å². The van der Waals surface area contributed by atoms with E-state index in [2.05, 4.69) is 10.5 Å². The molecule has 0 radical (unpaired) electrons. The lowest BCUT2D eigenvalue weighted by Crippen LogP contribution is -2.23. The summed E-state index contributed by atoms with van der Waals surface area (Å²) in [6.45, 7) is 4.09. The van der Waals surface area contributed by atoms with Gasteiger partial charge in [0.2, 0.25) is 5.91 Å². The quantitative estimate of drug-likeness (QED) is 0.598. The van der Waals surface area contributed by atoms with Gasteiger partial charge in [-0.25, -0.2) is 0 Å². The predicted molar refractivity (Wildman–Crippen MR) is 84.3 cm³/mol. The van der Waals surface area contributed by atoms with Crippen LogP contribution in [0.25, 0.3) is 0 Å². The molecule has 0 spiro atoms. The van der Waals surface area contributed by atoms with E-state index >= 15 is 0 Å². The third-order valence-corrected chi connectivity index (χ3v) is 3.20. The Morgan fingerprint density at radius 1 is 1.30 bits per heavy atom. The van der Waals surface area contributed by atoms with Crippen molar-refractivity contribution in [2.24, 2.45) is 0 Å². The molecule has 2 aromatic rings. The summed E-state index contributed by atoms with van der Waals surface area (Å²) >= 11 is 0. The monoisotopic (exact) mass is 316 g/mol. The molecule has 122 valence electrons. The van der Waals surface area contributed by atoms with Crippen molar-refractivity contribution in [1.82, 2.24) is 10.5 Å². The fourth-order valence-electron chi connectivity index (χ4n) is 2.01. The SMILES string of the molecule is CC(=O)c1cccc(OCCCC(=O)NCc2cc(C)on2)c1. The maximum absolute atomic E-state index is 11.7. The van der Waals surface area contributed by atoms with Crippen molar-refractivity contribution in [2.75, 3.05) is 6.61 Å². The van der Waals surface area contributed by atoms with Gasteiger partial charge in [0.05, 0.1) is 13.2 Å². The first-order chi connectivity index (χ1) is 11.0. The molecule has 1 N–H and O–H groups in total. The number of carbonyl (C=O) groups is 2. The molecule has 0 bridgehead atoms. The molecule has 1 aromatic heterocycles. The lowest BCUT2D eigenvalue weighted by Gasteiger charge is -2.07. The van der Waals surface area contributed by atoms with Crippen molar-refractivity contribution in [2.45, 2.75) is 33.2 Å². The second kappa shape index (κ2) is 8.12. The highest BCUT2D eigenvalue weighted by Crippen LogP contribution is 2.14. The minimum absolute atomic E-state index is 0.00193. The van der Waals surface area contributed by atoms with Gasteiger partial charge in [-0.3, -0.25) is 9.59 Å². The largest absolute Gasteiger partial charge is 0.494 e. The molecule has 0 aliphatic heterocycles. The molecular weight excluding hydrogens is 296 g/mol. The standard InChI is InChI=1S/C17H20N2O4/c1-12-9-15(19-23-12)11-18-17(21)7-4-8-22-16-6-3-5-14(10-16)13(2)20/h3,5-6,9-10H,4,7-8,11H2,1-2H3,(H,18,21). The normalized spacial score (nSPS) is 10.3. The average molecular weight is 316 g/mol. The molecule has 6 nitrogen and oxygen atoms in total. The zero-order valence-corrected chi connectivity index (χ0v) is 13.3. The lowest BCUT2D eigenvalue weighted by molar-refractivity contribution is -0.121. The summed E-state index contributed by atoms with van der Waals surface area (Å²) in [4.78, 5) is 23.0. The number of carbonyl (C=O) groups excluding carboxylic acids is 2. The molecule has 6 heteroatoms. The van der Waals surface area contributed by atoms with Gasteiger partial charge in [0.15, 0.2) is 5.78 Å². The van der Waals surface area contributed by atoms with E-state index in [1.165, 1.54) is 6.92 Å². The fraction of sp³-hybridized carbons (Fsp3) is 0.353. The van der Waals surface area contributed by atoms with Gasteiger partial charge in [-0.05, 0) is 32.4 Å². The first kappa shape index (κ1) is 16.7. The smallest absolute Gasteiger partial charge is 0.220 e. The highest BCUT2D eigenvalue weighted by atomic mass is 16.5. The summed E-state index contributed by atoms with van der Waals surface area (Å²) in [7, 11) is 0. The highest BCUT2D eigenvalue weighted by molar-refractivity contribution is 5.94. The zero-order valence-electron chi connectivity index (χ0n) is 13.3. The second-order valence-corrected chi connectivity index (χ2v) is 5.24. The summed E-state index contributed by atoms with van der Waals surface area (Å²) in [5, 5.41) is 6.58. The number of hydrogen-bond acceptors (Lipinski definition) is 5. The van der Waals surface area contributed by atoms with Crippen LogP contribution in [0.5, 0.6) is 5.75 Å². The maximum atomic E-state index is 11.7. The third kappa shape index (κ3) is 5.58. The van der Waals surface area contributed by atoms with Crippen LogP contribution in [0.1, 0.15) is 41.6 Å². The number of benzene rings is 1. The minimum atomic E-state index is -0.0632. The number of aryl methyl sites for hydroxylation is 1. The van der Waals surface area contributed by atoms with E-state index < -0.39 is 0 Å². The van der Waals surface area contributed by atoms with Crippen LogP contribution >= 0.6 is 0 Å². The van der Waals surface area contributed by atoms with Crippen molar-refractivity contribution in [1.29, 1.82) is 0 Å². The van der Waals surface area contributed by atoms with E-state index in [4.69, 9.17) is 9.26 Å². The van der Waals surface area contributed by atoms with Crippen molar-refractivity contribution < 1.29 is 18.8 Å². The van der Waals surface area contributed by atoms with Gasteiger partial charge < -0.3 is 14.6 Å². The number of ketones is 1. The number of hydrogen-bond donors (Lipinski definition) is 1. The minimum Gasteiger partial charge on any atom is -0.494 e. The van der Waals surface area contributed by atoms with Crippen LogP contribution < -0.4 is 10.1 Å². The van der Waals surface area contributed by atoms with Gasteiger partial charge in [-0.1, -0.05) is 17.3 Å². The van der Waals surface area contributed by atoms with Crippen LogP contribution in [0.3, 0.4) is 0 Å². The van der Waals surface area contributed by atoms with E-state index in [-0.39, 0.29) is 11.7 Å². The van der Waals surface area contributed by atoms with Gasteiger partial charge in [-0.2, -0.15) is 0 Å². The first-order valence-electron chi connectivity index (χ1n) is 7.47. The average Bonchev–Trinajstić information content (AvgIpc) is 2.95. The Kier molecular flexibility index (Phi) is 5.91. The number of nitrogens with zero attached hydrogens (tertiary/aromatic N) is 1. The van der Waals surface area contributed by atoms with Crippen LogP contribution in [0.2, 0.25) is 0 Å². The maximum Gasteiger partial charge on any atom is 0.220 e. The molecule has 0 aliphatic carbocycles.